The van der Waals surface area contributed by atoms with E-state index in [1.54, 1.807) is 43.6 Å². The molecule has 1 aromatic carbocycles. The molecule has 1 aromatic heterocycles. The standard InChI is InChI=1S/C13H10N2O3/c1-17-8-4-5-9-11(7-8)18-13-10(15-12(9)16)3-2-6-14-13/h2-7H,1H3,(H,15,16). The van der Waals surface area contributed by atoms with Crippen LogP contribution < -0.4 is 14.8 Å². The van der Waals surface area contributed by atoms with E-state index in [2.05, 4.69) is 10.3 Å². The van der Waals surface area contributed by atoms with Crippen molar-refractivity contribution in [2.24, 2.45) is 0 Å². The quantitative estimate of drug-likeness (QED) is 0.834. The Kier molecular flexibility index (Phi) is 2.37. The molecule has 3 rings (SSSR count). The number of amides is 1. The second kappa shape index (κ2) is 4.03. The third kappa shape index (κ3) is 1.66. The van der Waals surface area contributed by atoms with Gasteiger partial charge in [-0.25, -0.2) is 4.98 Å². The molecule has 90 valence electrons. The van der Waals surface area contributed by atoms with Crippen molar-refractivity contribution in [1.29, 1.82) is 0 Å². The van der Waals surface area contributed by atoms with E-state index in [0.717, 1.165) is 0 Å². The van der Waals surface area contributed by atoms with Gasteiger partial charge in [-0.05, 0) is 24.3 Å². The van der Waals surface area contributed by atoms with Crippen LogP contribution in [0.3, 0.4) is 0 Å². The van der Waals surface area contributed by atoms with E-state index in [-0.39, 0.29) is 5.91 Å². The van der Waals surface area contributed by atoms with Gasteiger partial charge in [-0.2, -0.15) is 0 Å². The van der Waals surface area contributed by atoms with Gasteiger partial charge in [0.15, 0.2) is 0 Å². The van der Waals surface area contributed by atoms with Gasteiger partial charge in [-0.15, -0.1) is 0 Å². The Morgan fingerprint density at radius 3 is 3.06 bits per heavy atom. The van der Waals surface area contributed by atoms with Crippen molar-refractivity contribution in [2.75, 3.05) is 12.4 Å². The number of fused-ring (bicyclic) bond motifs is 2. The van der Waals surface area contributed by atoms with Crippen molar-refractivity contribution >= 4 is 11.6 Å². The number of carbonyl (C=O) groups excluding carboxylic acids is 1. The first-order chi connectivity index (χ1) is 8.78. The van der Waals surface area contributed by atoms with E-state index in [9.17, 15) is 4.79 Å². The Balaban J connectivity index is 2.14. The number of nitrogens with one attached hydrogen (secondary N) is 1. The van der Waals surface area contributed by atoms with Crippen molar-refractivity contribution < 1.29 is 14.3 Å². The first-order valence-corrected chi connectivity index (χ1v) is 5.40. The number of nitrogens with zero attached hydrogens (tertiary/aromatic N) is 1. The molecular weight excluding hydrogens is 232 g/mol. The van der Waals surface area contributed by atoms with E-state index >= 15 is 0 Å². The lowest BCUT2D eigenvalue weighted by molar-refractivity contribution is 0.102. The Labute approximate surface area is 103 Å². The Bertz CT molecular complexity index is 625. The van der Waals surface area contributed by atoms with E-state index in [1.807, 2.05) is 0 Å². The fraction of sp³-hybridized carbons (Fsp3) is 0.0769. The number of ether oxygens (including phenoxy) is 2. The highest BCUT2D eigenvalue weighted by molar-refractivity contribution is 6.07. The van der Waals surface area contributed by atoms with Crippen LogP contribution in [-0.4, -0.2) is 18.0 Å². The summed E-state index contributed by atoms with van der Waals surface area (Å²) in [7, 11) is 1.56. The Morgan fingerprint density at radius 1 is 1.33 bits per heavy atom. The molecule has 1 amide bonds. The molecule has 5 nitrogen and oxygen atoms in total. The average Bonchev–Trinajstić information content (AvgIpc) is 2.54. The summed E-state index contributed by atoms with van der Waals surface area (Å²) < 4.78 is 10.8. The second-order valence-electron chi connectivity index (χ2n) is 3.77. The fourth-order valence-corrected chi connectivity index (χ4v) is 1.76. The molecule has 0 bridgehead atoms. The van der Waals surface area contributed by atoms with Crippen LogP contribution in [0.4, 0.5) is 5.69 Å². The summed E-state index contributed by atoms with van der Waals surface area (Å²) in [5, 5.41) is 2.75. The number of rotatable bonds is 1. The van der Waals surface area contributed by atoms with E-state index in [0.29, 0.717) is 28.6 Å². The van der Waals surface area contributed by atoms with E-state index < -0.39 is 0 Å². The predicted octanol–water partition coefficient (Wildman–Crippen LogP) is 2.45. The number of hydrogen-bond donors (Lipinski definition) is 1. The molecule has 2 heterocycles. The van der Waals surface area contributed by atoms with Gasteiger partial charge in [0.1, 0.15) is 17.2 Å². The van der Waals surface area contributed by atoms with E-state index in [4.69, 9.17) is 9.47 Å². The highest BCUT2D eigenvalue weighted by atomic mass is 16.5. The zero-order chi connectivity index (χ0) is 12.5. The molecule has 0 atom stereocenters. The molecule has 0 unspecified atom stereocenters. The smallest absolute Gasteiger partial charge is 0.259 e. The maximum Gasteiger partial charge on any atom is 0.259 e. The molecule has 5 heteroatoms. The Morgan fingerprint density at radius 2 is 2.22 bits per heavy atom. The lowest BCUT2D eigenvalue weighted by Gasteiger charge is -2.07. The van der Waals surface area contributed by atoms with Crippen LogP contribution in [-0.2, 0) is 0 Å². The lowest BCUT2D eigenvalue weighted by atomic mass is 10.2. The lowest BCUT2D eigenvalue weighted by Crippen LogP contribution is -2.10. The minimum Gasteiger partial charge on any atom is -0.497 e. The van der Waals surface area contributed by atoms with Gasteiger partial charge in [0.05, 0.1) is 12.7 Å². The van der Waals surface area contributed by atoms with Gasteiger partial charge >= 0.3 is 0 Å². The first-order valence-electron chi connectivity index (χ1n) is 5.40. The molecule has 18 heavy (non-hydrogen) atoms. The fourth-order valence-electron chi connectivity index (χ4n) is 1.76. The van der Waals surface area contributed by atoms with Crippen molar-refractivity contribution in [3.05, 3.63) is 42.1 Å². The topological polar surface area (TPSA) is 60.5 Å². The van der Waals surface area contributed by atoms with Gasteiger partial charge in [0, 0.05) is 12.3 Å². The van der Waals surface area contributed by atoms with Gasteiger partial charge in [-0.3, -0.25) is 4.79 Å². The predicted molar refractivity (Wildman–Crippen MR) is 65.3 cm³/mol. The number of methoxy groups -OCH3 is 1. The van der Waals surface area contributed by atoms with Crippen LogP contribution in [0.5, 0.6) is 17.4 Å². The van der Waals surface area contributed by atoms with Gasteiger partial charge in [0.2, 0.25) is 5.88 Å². The van der Waals surface area contributed by atoms with Crippen LogP contribution in [0.1, 0.15) is 10.4 Å². The molecule has 0 radical (unpaired) electrons. The third-order valence-corrected chi connectivity index (χ3v) is 2.66. The largest absolute Gasteiger partial charge is 0.497 e. The molecule has 0 fully saturated rings. The molecule has 1 aliphatic heterocycles. The summed E-state index contributed by atoms with van der Waals surface area (Å²) in [5.41, 5.74) is 1.01. The van der Waals surface area contributed by atoms with Crippen LogP contribution in [0.2, 0.25) is 0 Å². The van der Waals surface area contributed by atoms with Gasteiger partial charge < -0.3 is 14.8 Å². The summed E-state index contributed by atoms with van der Waals surface area (Å²) in [5.74, 6) is 1.21. The Hall–Kier alpha value is -2.56. The number of pyridine rings is 1. The molecule has 2 aromatic rings. The summed E-state index contributed by atoms with van der Waals surface area (Å²) in [4.78, 5) is 16.1. The molecule has 0 saturated carbocycles. The number of benzene rings is 1. The zero-order valence-electron chi connectivity index (χ0n) is 9.64. The molecule has 0 saturated heterocycles. The normalized spacial score (nSPS) is 12.6. The van der Waals surface area contributed by atoms with Crippen LogP contribution in [0, 0.1) is 0 Å². The first kappa shape index (κ1) is 10.6. The molecule has 0 spiro atoms. The maximum atomic E-state index is 12.0. The monoisotopic (exact) mass is 242 g/mol. The minimum atomic E-state index is -0.223. The van der Waals surface area contributed by atoms with Crippen LogP contribution in [0.25, 0.3) is 0 Å². The molecular formula is C13H10N2O3. The number of hydrogen-bond acceptors (Lipinski definition) is 4. The summed E-state index contributed by atoms with van der Waals surface area (Å²) in [6.07, 6.45) is 1.61. The third-order valence-electron chi connectivity index (χ3n) is 2.66. The molecule has 1 N–H and O–H groups in total. The molecule has 0 aliphatic carbocycles. The maximum absolute atomic E-state index is 12.0. The molecule has 1 aliphatic rings. The summed E-state index contributed by atoms with van der Waals surface area (Å²) in [6.45, 7) is 0. The van der Waals surface area contributed by atoms with Crippen LogP contribution in [0.15, 0.2) is 36.5 Å². The number of anilines is 1. The van der Waals surface area contributed by atoms with Crippen molar-refractivity contribution in [1.82, 2.24) is 4.98 Å². The number of carbonyl (C=O) groups is 1. The summed E-state index contributed by atoms with van der Waals surface area (Å²) >= 11 is 0. The number of aromatic nitrogens is 1. The van der Waals surface area contributed by atoms with Crippen molar-refractivity contribution in [3.63, 3.8) is 0 Å². The SMILES string of the molecule is COc1ccc2c(c1)Oc1ncccc1NC2=O. The zero-order valence-corrected chi connectivity index (χ0v) is 9.64. The average molecular weight is 242 g/mol. The van der Waals surface area contributed by atoms with Crippen molar-refractivity contribution in [2.45, 2.75) is 0 Å². The van der Waals surface area contributed by atoms with Gasteiger partial charge in [0.25, 0.3) is 5.91 Å². The van der Waals surface area contributed by atoms with Gasteiger partial charge in [-0.1, -0.05) is 0 Å². The van der Waals surface area contributed by atoms with Crippen LogP contribution >= 0.6 is 0 Å². The van der Waals surface area contributed by atoms with E-state index in [1.165, 1.54) is 0 Å². The second-order valence-corrected chi connectivity index (χ2v) is 3.77. The van der Waals surface area contributed by atoms with Crippen molar-refractivity contribution in [3.8, 4) is 17.4 Å². The highest BCUT2D eigenvalue weighted by Gasteiger charge is 2.21. The summed E-state index contributed by atoms with van der Waals surface area (Å²) in [6, 6.07) is 8.52. The highest BCUT2D eigenvalue weighted by Crippen LogP contribution is 2.35. The minimum absolute atomic E-state index is 0.223.